The Morgan fingerprint density at radius 2 is 1.59 bits per heavy atom. The number of hydrogen-bond acceptors (Lipinski definition) is 4. The van der Waals surface area contributed by atoms with Gasteiger partial charge in [-0.3, -0.25) is 9.59 Å². The lowest BCUT2D eigenvalue weighted by atomic mass is 9.83. The number of alkyl halides is 6. The zero-order valence-electron chi connectivity index (χ0n) is 24.2. The fourth-order valence-electron chi connectivity index (χ4n) is 5.70. The van der Waals surface area contributed by atoms with Gasteiger partial charge < -0.3 is 19.9 Å². The number of likely N-dealkylation sites (tertiary alicyclic amines) is 2. The molecule has 0 aromatic heterocycles. The van der Waals surface area contributed by atoms with Gasteiger partial charge in [-0.05, 0) is 72.7 Å². The third-order valence-corrected chi connectivity index (χ3v) is 8.27. The molecule has 2 aliphatic rings. The Morgan fingerprint density at radius 3 is 2.14 bits per heavy atom. The van der Waals surface area contributed by atoms with E-state index in [0.29, 0.717) is 23.3 Å². The monoisotopic (exact) mass is 631 g/mol. The van der Waals surface area contributed by atoms with Crippen molar-refractivity contribution >= 4 is 17.9 Å². The molecule has 44 heavy (non-hydrogen) atoms. The van der Waals surface area contributed by atoms with Crippen molar-refractivity contribution < 1.29 is 49.9 Å². The average Bonchev–Trinajstić information content (AvgIpc) is 2.93. The molecule has 3 amide bonds. The van der Waals surface area contributed by atoms with Crippen LogP contribution in [0.5, 0.6) is 0 Å². The number of nitrogens with one attached hydrogen (secondary N) is 1. The first-order chi connectivity index (χ1) is 20.5. The summed E-state index contributed by atoms with van der Waals surface area (Å²) in [6.07, 6.45) is -10.1. The molecule has 240 valence electrons. The van der Waals surface area contributed by atoms with Gasteiger partial charge in [0, 0.05) is 32.1 Å². The second-order valence-corrected chi connectivity index (χ2v) is 11.3. The van der Waals surface area contributed by atoms with Gasteiger partial charge in [0.25, 0.3) is 0 Å². The van der Waals surface area contributed by atoms with Crippen molar-refractivity contribution in [2.24, 2.45) is 11.8 Å². The van der Waals surface area contributed by atoms with Gasteiger partial charge in [0.1, 0.15) is 5.82 Å². The van der Waals surface area contributed by atoms with Crippen molar-refractivity contribution in [1.29, 1.82) is 0 Å². The lowest BCUT2D eigenvalue weighted by Crippen LogP contribution is -2.58. The first kappa shape index (κ1) is 33.1. The van der Waals surface area contributed by atoms with Crippen LogP contribution in [0.3, 0.4) is 0 Å². The SMILES string of the molecule is COC(=O)N1CC(C(=O)N2CC[C@H](C(=O)NC[C@@H](C)c3cc(C(F)(F)F)cc(C(F)(F)F)c3)CC2c2ccc(F)cc2C)C1. The number of nitrogens with zero attached hydrogens (tertiary/aromatic N) is 2. The third kappa shape index (κ3) is 7.27. The molecule has 3 atom stereocenters. The van der Waals surface area contributed by atoms with Crippen LogP contribution in [0.2, 0.25) is 0 Å². The molecule has 1 N–H and O–H groups in total. The molecular formula is C30H32F7N3O4. The smallest absolute Gasteiger partial charge is 0.416 e. The maximum absolute atomic E-state index is 13.9. The topological polar surface area (TPSA) is 79.0 Å². The molecule has 7 nitrogen and oxygen atoms in total. The highest BCUT2D eigenvalue weighted by Crippen LogP contribution is 2.39. The van der Waals surface area contributed by atoms with Crippen LogP contribution in [-0.2, 0) is 26.7 Å². The van der Waals surface area contributed by atoms with Gasteiger partial charge in [-0.2, -0.15) is 26.3 Å². The highest BCUT2D eigenvalue weighted by atomic mass is 19.4. The Hall–Kier alpha value is -3.84. The standard InChI is InChI=1S/C30H32F7N3O4/c1-16-8-23(31)4-5-24(16)25-11-18(6-7-40(25)27(42)20-14-39(15-20)28(43)44-3)26(41)38-13-17(2)19-9-21(29(32,33)34)12-22(10-19)30(35,36)37/h4-5,8-10,12,17-18,20,25H,6-7,11,13-15H2,1-3H3,(H,38,41)/t17-,18+,25?/m1/s1. The minimum atomic E-state index is -4.99. The number of benzene rings is 2. The molecule has 2 aromatic carbocycles. The van der Waals surface area contributed by atoms with E-state index in [2.05, 4.69) is 10.1 Å². The molecule has 2 aliphatic heterocycles. The molecule has 2 saturated heterocycles. The normalized spacial score (nSPS) is 20.1. The lowest BCUT2D eigenvalue weighted by molar-refractivity contribution is -0.147. The number of carbonyl (C=O) groups excluding carboxylic acids is 3. The number of ether oxygens (including phenoxy) is 1. The minimum Gasteiger partial charge on any atom is -0.453 e. The summed E-state index contributed by atoms with van der Waals surface area (Å²) in [5.41, 5.74) is -1.89. The second-order valence-electron chi connectivity index (χ2n) is 11.3. The van der Waals surface area contributed by atoms with E-state index >= 15 is 0 Å². The Morgan fingerprint density at radius 1 is 0.977 bits per heavy atom. The lowest BCUT2D eigenvalue weighted by Gasteiger charge is -2.45. The van der Waals surface area contributed by atoms with Crippen LogP contribution in [0.4, 0.5) is 35.5 Å². The van der Waals surface area contributed by atoms with E-state index < -0.39 is 65.1 Å². The van der Waals surface area contributed by atoms with Gasteiger partial charge in [-0.25, -0.2) is 9.18 Å². The summed E-state index contributed by atoms with van der Waals surface area (Å²) in [6.45, 7) is 3.39. The maximum Gasteiger partial charge on any atom is 0.416 e. The zero-order chi connectivity index (χ0) is 32.6. The Bertz CT molecular complexity index is 1370. The van der Waals surface area contributed by atoms with Crippen molar-refractivity contribution in [2.45, 2.75) is 51.0 Å². The summed E-state index contributed by atoms with van der Waals surface area (Å²) in [4.78, 5) is 41.4. The summed E-state index contributed by atoms with van der Waals surface area (Å²) in [7, 11) is 1.24. The van der Waals surface area contributed by atoms with Crippen LogP contribution in [0, 0.1) is 24.6 Å². The van der Waals surface area contributed by atoms with Crippen molar-refractivity contribution in [3.05, 3.63) is 70.0 Å². The zero-order valence-corrected chi connectivity index (χ0v) is 24.2. The van der Waals surface area contributed by atoms with Gasteiger partial charge in [-0.1, -0.05) is 13.0 Å². The van der Waals surface area contributed by atoms with Crippen LogP contribution in [-0.4, -0.2) is 61.0 Å². The number of carbonyl (C=O) groups is 3. The largest absolute Gasteiger partial charge is 0.453 e. The predicted molar refractivity (Wildman–Crippen MR) is 144 cm³/mol. The Kier molecular flexibility index (Phi) is 9.50. The van der Waals surface area contributed by atoms with Crippen molar-refractivity contribution in [3.8, 4) is 0 Å². The van der Waals surface area contributed by atoms with Gasteiger partial charge in [0.05, 0.1) is 30.2 Å². The highest BCUT2D eigenvalue weighted by Gasteiger charge is 2.43. The molecule has 0 spiro atoms. The summed E-state index contributed by atoms with van der Waals surface area (Å²) in [6, 6.07) is 4.86. The van der Waals surface area contributed by atoms with E-state index in [9.17, 15) is 45.1 Å². The van der Waals surface area contributed by atoms with E-state index in [1.54, 1.807) is 17.9 Å². The molecule has 1 unspecified atom stereocenters. The van der Waals surface area contributed by atoms with Gasteiger partial charge >= 0.3 is 18.4 Å². The molecule has 2 fully saturated rings. The highest BCUT2D eigenvalue weighted by molar-refractivity contribution is 5.84. The maximum atomic E-state index is 13.9. The van der Waals surface area contributed by atoms with E-state index in [1.807, 2.05) is 0 Å². The second kappa shape index (κ2) is 12.6. The first-order valence-corrected chi connectivity index (χ1v) is 14.0. The van der Waals surface area contributed by atoms with Crippen LogP contribution >= 0.6 is 0 Å². The van der Waals surface area contributed by atoms with Crippen molar-refractivity contribution in [1.82, 2.24) is 15.1 Å². The molecule has 0 radical (unpaired) electrons. The van der Waals surface area contributed by atoms with Crippen LogP contribution in [0.1, 0.15) is 59.5 Å². The van der Waals surface area contributed by atoms with Gasteiger partial charge in [0.2, 0.25) is 11.8 Å². The van der Waals surface area contributed by atoms with Crippen LogP contribution in [0.15, 0.2) is 36.4 Å². The van der Waals surface area contributed by atoms with Crippen molar-refractivity contribution in [3.63, 3.8) is 0 Å². The van der Waals surface area contributed by atoms with Gasteiger partial charge in [-0.15, -0.1) is 0 Å². The molecule has 4 rings (SSSR count). The number of halogens is 7. The summed E-state index contributed by atoms with van der Waals surface area (Å²) < 4.78 is 98.4. The quantitative estimate of drug-likeness (QED) is 0.393. The van der Waals surface area contributed by atoms with Gasteiger partial charge in [0.15, 0.2) is 0 Å². The summed E-state index contributed by atoms with van der Waals surface area (Å²) in [5, 5.41) is 2.65. The minimum absolute atomic E-state index is 0.0536. The number of rotatable bonds is 6. The molecule has 0 aliphatic carbocycles. The number of piperidine rings is 1. The number of amides is 3. The van der Waals surface area contributed by atoms with E-state index in [0.717, 1.165) is 0 Å². The number of hydrogen-bond donors (Lipinski definition) is 1. The van der Waals surface area contributed by atoms with Crippen LogP contribution in [0.25, 0.3) is 0 Å². The molecule has 0 bridgehead atoms. The van der Waals surface area contributed by atoms with E-state index in [4.69, 9.17) is 0 Å². The molecule has 14 heteroatoms. The first-order valence-electron chi connectivity index (χ1n) is 14.0. The van der Waals surface area contributed by atoms with E-state index in [-0.39, 0.29) is 56.6 Å². The molecular weight excluding hydrogens is 599 g/mol. The average molecular weight is 632 g/mol. The van der Waals surface area contributed by atoms with Crippen LogP contribution < -0.4 is 5.32 Å². The van der Waals surface area contributed by atoms with E-state index in [1.165, 1.54) is 31.1 Å². The number of methoxy groups -OCH3 is 1. The third-order valence-electron chi connectivity index (χ3n) is 8.27. The predicted octanol–water partition coefficient (Wildman–Crippen LogP) is 6.07. The van der Waals surface area contributed by atoms with Crippen molar-refractivity contribution in [2.75, 3.05) is 33.3 Å². The fourth-order valence-corrected chi connectivity index (χ4v) is 5.70. The molecule has 2 heterocycles. The Labute approximate surface area is 249 Å². The summed E-state index contributed by atoms with van der Waals surface area (Å²) in [5.74, 6) is -3.15. The fraction of sp³-hybridized carbons (Fsp3) is 0.500. The molecule has 0 saturated carbocycles. The number of aryl methyl sites for hydroxylation is 1. The molecule has 2 aromatic rings. The summed E-state index contributed by atoms with van der Waals surface area (Å²) >= 11 is 0. The Balaban J connectivity index is 1.48.